The Morgan fingerprint density at radius 1 is 0.976 bits per heavy atom. The monoisotopic (exact) mass is 601 g/mol. The predicted molar refractivity (Wildman–Crippen MR) is 163 cm³/mol. The zero-order valence-electron chi connectivity index (χ0n) is 25.2. The molecule has 0 aliphatic heterocycles. The van der Waals surface area contributed by atoms with E-state index in [1.165, 1.54) is 18.3 Å². The van der Waals surface area contributed by atoms with Crippen molar-refractivity contribution < 1.29 is 33.8 Å². The number of aryl methyl sites for hydroxylation is 2. The second-order valence-electron chi connectivity index (χ2n) is 11.2. The highest BCUT2D eigenvalue weighted by atomic mass is 32.1. The van der Waals surface area contributed by atoms with Gasteiger partial charge in [0.05, 0.1) is 10.6 Å². The molecule has 228 valence electrons. The van der Waals surface area contributed by atoms with Gasteiger partial charge in [-0.3, -0.25) is 10.1 Å². The van der Waals surface area contributed by atoms with Gasteiger partial charge in [0.1, 0.15) is 11.2 Å². The number of nitrogens with zero attached hydrogens (tertiary/aromatic N) is 2. The summed E-state index contributed by atoms with van der Waals surface area (Å²) < 4.78 is 10.5. The Morgan fingerprint density at radius 3 is 2.12 bits per heavy atom. The van der Waals surface area contributed by atoms with E-state index < -0.39 is 29.4 Å². The Balaban J connectivity index is 2.21. The minimum Gasteiger partial charge on any atom is -0.478 e. The normalized spacial score (nSPS) is 12.4. The van der Waals surface area contributed by atoms with Crippen molar-refractivity contribution in [1.82, 2.24) is 10.3 Å². The zero-order valence-corrected chi connectivity index (χ0v) is 26.0. The summed E-state index contributed by atoms with van der Waals surface area (Å²) in [6.07, 6.45) is 1.33. The molecule has 0 spiro atoms. The number of guanidine groups is 1. The lowest BCUT2D eigenvalue weighted by atomic mass is 10.1. The average molecular weight is 602 g/mol. The van der Waals surface area contributed by atoms with Gasteiger partial charge in [0.2, 0.25) is 11.9 Å². The number of carbonyl (C=O) groups excluding carboxylic acids is 3. The Bertz CT molecular complexity index is 1350. The molecule has 0 bridgehead atoms. The van der Waals surface area contributed by atoms with Gasteiger partial charge in [0.25, 0.3) is 0 Å². The zero-order chi connectivity index (χ0) is 31.7. The summed E-state index contributed by atoms with van der Waals surface area (Å²) >= 11 is 1.22. The third-order valence-corrected chi connectivity index (χ3v) is 6.01. The van der Waals surface area contributed by atoms with E-state index in [0.717, 1.165) is 5.56 Å². The van der Waals surface area contributed by atoms with Crippen LogP contribution in [0.3, 0.4) is 0 Å². The maximum atomic E-state index is 12.3. The molecule has 1 heterocycles. The number of carbonyl (C=O) groups is 4. The molecule has 1 aromatic carbocycles. The van der Waals surface area contributed by atoms with Crippen LogP contribution in [0.15, 0.2) is 34.8 Å². The molecule has 0 saturated heterocycles. The number of nitrogens with one attached hydrogen (secondary N) is 3. The summed E-state index contributed by atoms with van der Waals surface area (Å²) in [7, 11) is 0. The molecule has 2 rings (SSSR count). The highest BCUT2D eigenvalue weighted by Gasteiger charge is 2.21. The first kappa shape index (κ1) is 33.9. The van der Waals surface area contributed by atoms with Crippen LogP contribution in [-0.2, 0) is 31.9 Å². The number of anilines is 2. The molecule has 2 aromatic rings. The molecule has 0 radical (unpaired) electrons. The third kappa shape index (κ3) is 12.5. The Morgan fingerprint density at radius 2 is 1.60 bits per heavy atom. The first-order chi connectivity index (χ1) is 19.4. The molecule has 0 unspecified atom stereocenters. The fourth-order valence-electron chi connectivity index (χ4n) is 3.35. The van der Waals surface area contributed by atoms with Crippen LogP contribution in [0.4, 0.5) is 20.4 Å². The van der Waals surface area contributed by atoms with Gasteiger partial charge in [-0.15, -0.1) is 4.99 Å². The summed E-state index contributed by atoms with van der Waals surface area (Å²) in [5.41, 5.74) is 0.867. The summed E-state index contributed by atoms with van der Waals surface area (Å²) in [4.78, 5) is 56.7. The van der Waals surface area contributed by atoms with E-state index in [1.54, 1.807) is 66.7 Å². The molecule has 0 atom stereocenters. The fraction of sp³-hybridized carbons (Fsp3) is 0.448. The molecule has 42 heavy (non-hydrogen) atoms. The number of hydrogen-bond acceptors (Lipinski definition) is 8. The quantitative estimate of drug-likeness (QED) is 0.161. The third-order valence-electron chi connectivity index (χ3n) is 5.05. The van der Waals surface area contributed by atoms with Crippen LogP contribution in [0.5, 0.6) is 0 Å². The van der Waals surface area contributed by atoms with E-state index in [2.05, 4.69) is 25.9 Å². The first-order valence-electron chi connectivity index (χ1n) is 13.3. The molecule has 1 aromatic heterocycles. The van der Waals surface area contributed by atoms with E-state index in [9.17, 15) is 24.3 Å². The minimum atomic E-state index is -1.00. The first-order valence-corrected chi connectivity index (χ1v) is 14.1. The van der Waals surface area contributed by atoms with Crippen molar-refractivity contribution >= 4 is 58.3 Å². The minimum absolute atomic E-state index is 0.166. The Kier molecular flexibility index (Phi) is 11.8. The molecule has 13 heteroatoms. The van der Waals surface area contributed by atoms with Crippen LogP contribution in [0, 0.1) is 0 Å². The molecular weight excluding hydrogens is 562 g/mol. The number of aliphatic imine (C=N–C) groups is 1. The highest BCUT2D eigenvalue weighted by molar-refractivity contribution is 7.16. The molecule has 0 fully saturated rings. The van der Waals surface area contributed by atoms with Gasteiger partial charge < -0.3 is 25.2 Å². The van der Waals surface area contributed by atoms with Crippen LogP contribution in [-0.4, -0.2) is 51.3 Å². The average Bonchev–Trinajstić information content (AvgIpc) is 3.19. The van der Waals surface area contributed by atoms with Crippen molar-refractivity contribution in [2.45, 2.75) is 85.9 Å². The number of aliphatic carboxylic acids is 1. The molecular formula is C29H39N5O7S. The number of carboxylic acid groups (broad SMARTS) is 1. The second kappa shape index (κ2) is 14.6. The maximum Gasteiger partial charge on any atom is 0.437 e. The number of aromatic nitrogens is 1. The van der Waals surface area contributed by atoms with Gasteiger partial charge in [0.15, 0.2) is 5.13 Å². The Hall–Kier alpha value is -4.26. The number of carboxylic acids is 1. The van der Waals surface area contributed by atoms with Crippen molar-refractivity contribution in [2.75, 3.05) is 10.6 Å². The van der Waals surface area contributed by atoms with Gasteiger partial charge in [-0.25, -0.2) is 19.4 Å². The lowest BCUT2D eigenvalue weighted by molar-refractivity contribution is -0.132. The number of benzene rings is 1. The van der Waals surface area contributed by atoms with Crippen molar-refractivity contribution in [3.63, 3.8) is 0 Å². The molecule has 0 aliphatic carbocycles. The van der Waals surface area contributed by atoms with Crippen LogP contribution >= 0.6 is 11.3 Å². The van der Waals surface area contributed by atoms with Crippen molar-refractivity contribution in [3.8, 4) is 0 Å². The number of amides is 3. The van der Waals surface area contributed by atoms with E-state index in [0.29, 0.717) is 40.7 Å². The van der Waals surface area contributed by atoms with Crippen LogP contribution < -0.4 is 16.0 Å². The van der Waals surface area contributed by atoms with E-state index in [1.807, 2.05) is 12.1 Å². The number of rotatable bonds is 8. The van der Waals surface area contributed by atoms with Crippen LogP contribution in [0.2, 0.25) is 0 Å². The lowest BCUT2D eigenvalue weighted by Crippen LogP contribution is -2.40. The number of alkyl carbamates (subject to hydrolysis) is 1. The van der Waals surface area contributed by atoms with Gasteiger partial charge in [0, 0.05) is 18.2 Å². The fourth-order valence-corrected chi connectivity index (χ4v) is 4.38. The van der Waals surface area contributed by atoms with Crippen molar-refractivity contribution in [1.29, 1.82) is 0 Å². The van der Waals surface area contributed by atoms with Crippen LogP contribution in [0.25, 0.3) is 6.08 Å². The van der Waals surface area contributed by atoms with Crippen molar-refractivity contribution in [3.05, 3.63) is 46.0 Å². The number of hydrogen-bond donors (Lipinski definition) is 4. The molecule has 4 N–H and O–H groups in total. The van der Waals surface area contributed by atoms with E-state index in [4.69, 9.17) is 9.47 Å². The maximum absolute atomic E-state index is 12.3. The standard InChI is InChI=1S/C29H39N5O7S/c1-9-19(23(36)37)16-22-21(32-25(42-22)30-17(2)35)15-12-18-10-13-20(14-11-18)31-24(33-26(38)40-28(3,4)5)34-27(39)41-29(6,7)8/h10-11,13-14,16H,9,12,15H2,1-8H3,(H,36,37)(H,30,32,35)(H2,31,33,34,38,39). The molecule has 12 nitrogen and oxygen atoms in total. The summed E-state index contributed by atoms with van der Waals surface area (Å²) in [5.74, 6) is -1.43. The predicted octanol–water partition coefficient (Wildman–Crippen LogP) is 5.99. The van der Waals surface area contributed by atoms with Gasteiger partial charge in [-0.05, 0) is 84.6 Å². The second-order valence-corrected chi connectivity index (χ2v) is 12.3. The van der Waals surface area contributed by atoms with Gasteiger partial charge in [-0.2, -0.15) is 0 Å². The summed E-state index contributed by atoms with van der Waals surface area (Å²) in [5, 5.41) is 17.9. The van der Waals surface area contributed by atoms with Gasteiger partial charge in [-0.1, -0.05) is 30.4 Å². The van der Waals surface area contributed by atoms with Crippen LogP contribution in [0.1, 0.15) is 77.9 Å². The largest absolute Gasteiger partial charge is 0.478 e. The molecule has 0 aliphatic rings. The van der Waals surface area contributed by atoms with E-state index >= 15 is 0 Å². The Labute approximate surface area is 249 Å². The lowest BCUT2D eigenvalue weighted by Gasteiger charge is -2.21. The highest BCUT2D eigenvalue weighted by Crippen LogP contribution is 2.28. The summed E-state index contributed by atoms with van der Waals surface area (Å²) in [6, 6.07) is 7.21. The van der Waals surface area contributed by atoms with E-state index in [-0.39, 0.29) is 17.4 Å². The van der Waals surface area contributed by atoms with Crippen molar-refractivity contribution in [2.24, 2.45) is 4.99 Å². The smallest absolute Gasteiger partial charge is 0.437 e. The molecule has 3 amide bonds. The van der Waals surface area contributed by atoms with Gasteiger partial charge >= 0.3 is 18.2 Å². The SMILES string of the molecule is CCC(=Cc1sc(NC(C)=O)nc1CCc1ccc(NC(=NC(=O)OC(C)(C)C)NC(=O)OC(C)(C)C)cc1)C(=O)O. The number of ether oxygens (including phenoxy) is 2. The summed E-state index contributed by atoms with van der Waals surface area (Å²) in [6.45, 7) is 13.4. The molecule has 0 saturated carbocycles. The topological polar surface area (TPSA) is 168 Å². The number of thiazole rings is 1.